The summed E-state index contributed by atoms with van der Waals surface area (Å²) in [6, 6.07) is 0. The molecular formula is C12H21NO3S. The number of rotatable bonds is 5. The van der Waals surface area contributed by atoms with Gasteiger partial charge in [0.1, 0.15) is 5.54 Å². The minimum atomic E-state index is -1.03. The van der Waals surface area contributed by atoms with E-state index in [0.717, 1.165) is 5.75 Å². The summed E-state index contributed by atoms with van der Waals surface area (Å²) < 4.78 is 0. The Labute approximate surface area is 107 Å². The molecule has 0 radical (unpaired) electrons. The third kappa shape index (κ3) is 3.63. The van der Waals surface area contributed by atoms with E-state index in [1.807, 2.05) is 6.92 Å². The van der Waals surface area contributed by atoms with Crippen LogP contribution >= 0.6 is 11.8 Å². The molecule has 1 saturated heterocycles. The van der Waals surface area contributed by atoms with E-state index in [9.17, 15) is 14.7 Å². The molecule has 1 amide bonds. The van der Waals surface area contributed by atoms with Gasteiger partial charge in [-0.05, 0) is 24.0 Å². The Morgan fingerprint density at radius 1 is 1.41 bits per heavy atom. The first kappa shape index (κ1) is 14.4. The molecule has 0 aromatic heterocycles. The van der Waals surface area contributed by atoms with E-state index in [1.165, 1.54) is 0 Å². The average molecular weight is 259 g/mol. The van der Waals surface area contributed by atoms with Crippen LogP contribution < -0.4 is 5.32 Å². The lowest BCUT2D eigenvalue weighted by atomic mass is 9.93. The van der Waals surface area contributed by atoms with Gasteiger partial charge in [-0.3, -0.25) is 4.79 Å². The molecule has 2 unspecified atom stereocenters. The summed E-state index contributed by atoms with van der Waals surface area (Å²) in [7, 11) is 0. The van der Waals surface area contributed by atoms with Crippen LogP contribution in [0.15, 0.2) is 0 Å². The lowest BCUT2D eigenvalue weighted by Gasteiger charge is -2.26. The van der Waals surface area contributed by atoms with Gasteiger partial charge in [-0.2, -0.15) is 11.8 Å². The Kier molecular flexibility index (Phi) is 4.86. The fraction of sp³-hybridized carbons (Fsp3) is 0.833. The Hall–Kier alpha value is -0.710. The van der Waals surface area contributed by atoms with E-state index in [4.69, 9.17) is 0 Å². The number of thioether (sulfide) groups is 1. The van der Waals surface area contributed by atoms with Gasteiger partial charge in [0, 0.05) is 12.2 Å². The van der Waals surface area contributed by atoms with Crippen molar-refractivity contribution in [2.75, 3.05) is 11.5 Å². The van der Waals surface area contributed by atoms with Gasteiger partial charge in [-0.15, -0.1) is 0 Å². The van der Waals surface area contributed by atoms with Crippen LogP contribution in [0.4, 0.5) is 0 Å². The molecule has 5 heteroatoms. The number of carbonyl (C=O) groups is 2. The average Bonchev–Trinajstić information content (AvgIpc) is 2.67. The highest BCUT2D eigenvalue weighted by molar-refractivity contribution is 7.99. The van der Waals surface area contributed by atoms with E-state index in [0.29, 0.717) is 24.5 Å². The van der Waals surface area contributed by atoms with Crippen LogP contribution in [-0.4, -0.2) is 34.0 Å². The van der Waals surface area contributed by atoms with Crippen molar-refractivity contribution in [1.82, 2.24) is 5.32 Å². The standard InChI is InChI=1S/C12H21NO3S/c1-8(2)9(3)6-10(14)13-12(11(15)16)4-5-17-7-12/h8-9H,4-7H2,1-3H3,(H,13,14)(H,15,16). The van der Waals surface area contributed by atoms with Crippen molar-refractivity contribution < 1.29 is 14.7 Å². The van der Waals surface area contributed by atoms with Gasteiger partial charge in [0.15, 0.2) is 0 Å². The highest BCUT2D eigenvalue weighted by Gasteiger charge is 2.43. The third-order valence-electron chi connectivity index (χ3n) is 3.46. The summed E-state index contributed by atoms with van der Waals surface area (Å²) in [4.78, 5) is 23.1. The number of hydrogen-bond acceptors (Lipinski definition) is 3. The fourth-order valence-electron chi connectivity index (χ4n) is 1.73. The Morgan fingerprint density at radius 2 is 2.06 bits per heavy atom. The Morgan fingerprint density at radius 3 is 2.47 bits per heavy atom. The molecule has 4 nitrogen and oxygen atoms in total. The van der Waals surface area contributed by atoms with Crippen LogP contribution in [0, 0.1) is 11.8 Å². The van der Waals surface area contributed by atoms with Gasteiger partial charge in [0.25, 0.3) is 0 Å². The van der Waals surface area contributed by atoms with Gasteiger partial charge in [-0.25, -0.2) is 4.79 Å². The lowest BCUT2D eigenvalue weighted by molar-refractivity contribution is -0.146. The smallest absolute Gasteiger partial charge is 0.330 e. The predicted octanol–water partition coefficient (Wildman–Crippen LogP) is 1.75. The van der Waals surface area contributed by atoms with Gasteiger partial charge >= 0.3 is 5.97 Å². The quantitative estimate of drug-likeness (QED) is 0.789. The Bertz CT molecular complexity index is 298. The molecule has 0 spiro atoms. The summed E-state index contributed by atoms with van der Waals surface area (Å²) in [5.41, 5.74) is -1.03. The summed E-state index contributed by atoms with van der Waals surface area (Å²) in [5.74, 6) is 0.926. The number of aliphatic carboxylic acids is 1. The van der Waals surface area contributed by atoms with Crippen LogP contribution in [0.1, 0.15) is 33.6 Å². The molecular weight excluding hydrogens is 238 g/mol. The SMILES string of the molecule is CC(C)C(C)CC(=O)NC1(C(=O)O)CCSC1. The van der Waals surface area contributed by atoms with Crippen molar-refractivity contribution >= 4 is 23.6 Å². The molecule has 1 fully saturated rings. The number of amides is 1. The van der Waals surface area contributed by atoms with Crippen LogP contribution in [0.3, 0.4) is 0 Å². The summed E-state index contributed by atoms with van der Waals surface area (Å²) in [5, 5.41) is 11.9. The second-order valence-corrected chi connectivity index (χ2v) is 6.27. The van der Waals surface area contributed by atoms with E-state index in [2.05, 4.69) is 19.2 Å². The van der Waals surface area contributed by atoms with Crippen molar-refractivity contribution in [3.05, 3.63) is 0 Å². The second-order valence-electron chi connectivity index (χ2n) is 5.16. The molecule has 2 N–H and O–H groups in total. The van der Waals surface area contributed by atoms with Crippen molar-refractivity contribution in [2.24, 2.45) is 11.8 Å². The van der Waals surface area contributed by atoms with Crippen molar-refractivity contribution in [3.63, 3.8) is 0 Å². The molecule has 2 atom stereocenters. The molecule has 1 rings (SSSR count). The van der Waals surface area contributed by atoms with Crippen molar-refractivity contribution in [3.8, 4) is 0 Å². The molecule has 0 aromatic rings. The van der Waals surface area contributed by atoms with E-state index in [1.54, 1.807) is 11.8 Å². The first-order valence-electron chi connectivity index (χ1n) is 5.99. The number of hydrogen-bond donors (Lipinski definition) is 2. The second kappa shape index (κ2) is 5.76. The number of carbonyl (C=O) groups excluding carboxylic acids is 1. The molecule has 1 aliphatic rings. The Balaban J connectivity index is 2.57. The van der Waals surface area contributed by atoms with Crippen LogP contribution in [0.2, 0.25) is 0 Å². The molecule has 0 bridgehead atoms. The molecule has 98 valence electrons. The topological polar surface area (TPSA) is 66.4 Å². The highest BCUT2D eigenvalue weighted by Crippen LogP contribution is 2.28. The van der Waals surface area contributed by atoms with Crippen LogP contribution in [-0.2, 0) is 9.59 Å². The number of carboxylic acid groups (broad SMARTS) is 1. The largest absolute Gasteiger partial charge is 0.479 e. The molecule has 1 aliphatic heterocycles. The molecule has 0 aliphatic carbocycles. The first-order chi connectivity index (χ1) is 7.87. The number of carboxylic acids is 1. The molecule has 0 saturated carbocycles. The predicted molar refractivity (Wildman–Crippen MR) is 69.1 cm³/mol. The first-order valence-corrected chi connectivity index (χ1v) is 7.15. The zero-order valence-electron chi connectivity index (χ0n) is 10.7. The molecule has 17 heavy (non-hydrogen) atoms. The molecule has 1 heterocycles. The minimum absolute atomic E-state index is 0.142. The van der Waals surface area contributed by atoms with Gasteiger partial charge in [0.05, 0.1) is 0 Å². The summed E-state index contributed by atoms with van der Waals surface area (Å²) in [6.07, 6.45) is 0.923. The zero-order chi connectivity index (χ0) is 13.1. The van der Waals surface area contributed by atoms with E-state index in [-0.39, 0.29) is 11.8 Å². The summed E-state index contributed by atoms with van der Waals surface area (Å²) in [6.45, 7) is 6.15. The van der Waals surface area contributed by atoms with E-state index >= 15 is 0 Å². The minimum Gasteiger partial charge on any atom is -0.479 e. The fourth-order valence-corrected chi connectivity index (χ4v) is 3.06. The maximum absolute atomic E-state index is 11.8. The van der Waals surface area contributed by atoms with Crippen molar-refractivity contribution in [1.29, 1.82) is 0 Å². The lowest BCUT2D eigenvalue weighted by Crippen LogP contribution is -2.55. The number of nitrogens with one attached hydrogen (secondary N) is 1. The normalized spacial score (nSPS) is 25.9. The maximum Gasteiger partial charge on any atom is 0.330 e. The maximum atomic E-state index is 11.8. The highest BCUT2D eigenvalue weighted by atomic mass is 32.2. The zero-order valence-corrected chi connectivity index (χ0v) is 11.5. The van der Waals surface area contributed by atoms with Gasteiger partial charge in [0.2, 0.25) is 5.91 Å². The van der Waals surface area contributed by atoms with Gasteiger partial charge < -0.3 is 10.4 Å². The van der Waals surface area contributed by atoms with Gasteiger partial charge in [-0.1, -0.05) is 20.8 Å². The van der Waals surface area contributed by atoms with Crippen LogP contribution in [0.25, 0.3) is 0 Å². The monoisotopic (exact) mass is 259 g/mol. The van der Waals surface area contributed by atoms with Crippen LogP contribution in [0.5, 0.6) is 0 Å². The summed E-state index contributed by atoms with van der Waals surface area (Å²) >= 11 is 1.58. The third-order valence-corrected chi connectivity index (χ3v) is 4.64. The molecule has 0 aromatic carbocycles. The van der Waals surface area contributed by atoms with Crippen molar-refractivity contribution in [2.45, 2.75) is 39.2 Å². The van der Waals surface area contributed by atoms with E-state index < -0.39 is 11.5 Å².